The van der Waals surface area contributed by atoms with Crippen molar-refractivity contribution in [2.75, 3.05) is 0 Å². The molecule has 0 atom stereocenters. The van der Waals surface area contributed by atoms with Gasteiger partial charge in [-0.05, 0) is 24.5 Å². The highest BCUT2D eigenvalue weighted by molar-refractivity contribution is 5.77. The maximum absolute atomic E-state index is 12.4. The van der Waals surface area contributed by atoms with Gasteiger partial charge in [0.25, 0.3) is 5.56 Å². The van der Waals surface area contributed by atoms with Crippen molar-refractivity contribution in [2.24, 2.45) is 5.92 Å². The molecule has 20 heavy (non-hydrogen) atoms. The second kappa shape index (κ2) is 5.74. The minimum atomic E-state index is -0.407. The van der Waals surface area contributed by atoms with Crippen molar-refractivity contribution in [1.29, 1.82) is 5.26 Å². The lowest BCUT2D eigenvalue weighted by Gasteiger charge is -2.12. The zero-order valence-electron chi connectivity index (χ0n) is 11.7. The van der Waals surface area contributed by atoms with E-state index in [1.165, 1.54) is 9.13 Å². The largest absolute Gasteiger partial charge is 0.332 e. The van der Waals surface area contributed by atoms with Crippen molar-refractivity contribution in [3.8, 4) is 6.07 Å². The van der Waals surface area contributed by atoms with Crippen LogP contribution in [0.3, 0.4) is 0 Å². The zero-order chi connectivity index (χ0) is 14.7. The molecule has 0 saturated carbocycles. The number of para-hydroxylation sites is 1. The molecule has 0 radical (unpaired) electrons. The van der Waals surface area contributed by atoms with Crippen molar-refractivity contribution < 1.29 is 0 Å². The second-order valence-corrected chi connectivity index (χ2v) is 5.18. The Kier molecular flexibility index (Phi) is 4.04. The zero-order valence-corrected chi connectivity index (χ0v) is 11.7. The molecule has 0 fully saturated rings. The van der Waals surface area contributed by atoms with Gasteiger partial charge in [0.05, 0.1) is 17.0 Å². The quantitative estimate of drug-likeness (QED) is 0.850. The fourth-order valence-corrected chi connectivity index (χ4v) is 2.18. The Bertz CT molecular complexity index is 778. The summed E-state index contributed by atoms with van der Waals surface area (Å²) in [6.45, 7) is 4.41. The minimum Gasteiger partial charge on any atom is -0.279 e. The van der Waals surface area contributed by atoms with Gasteiger partial charge < -0.3 is 0 Å². The number of rotatable bonds is 4. The first-order chi connectivity index (χ1) is 9.56. The highest BCUT2D eigenvalue weighted by Gasteiger charge is 2.12. The van der Waals surface area contributed by atoms with Gasteiger partial charge in [-0.2, -0.15) is 5.26 Å². The minimum absolute atomic E-state index is 0.0543. The molecule has 0 saturated heterocycles. The van der Waals surface area contributed by atoms with E-state index in [4.69, 9.17) is 5.26 Å². The van der Waals surface area contributed by atoms with Gasteiger partial charge in [-0.15, -0.1) is 0 Å². The van der Waals surface area contributed by atoms with E-state index < -0.39 is 5.69 Å². The molecule has 0 aliphatic carbocycles. The molecule has 1 aromatic carbocycles. The smallest absolute Gasteiger partial charge is 0.279 e. The Balaban J connectivity index is 2.73. The van der Waals surface area contributed by atoms with Crippen molar-refractivity contribution >= 4 is 10.9 Å². The molecule has 0 spiro atoms. The van der Waals surface area contributed by atoms with E-state index in [2.05, 4.69) is 0 Å². The summed E-state index contributed by atoms with van der Waals surface area (Å²) in [6.07, 6.45) is 0.750. The van der Waals surface area contributed by atoms with Gasteiger partial charge in [-0.25, -0.2) is 4.79 Å². The summed E-state index contributed by atoms with van der Waals surface area (Å²) in [7, 11) is 0. The molecule has 104 valence electrons. The Morgan fingerprint density at radius 2 is 1.90 bits per heavy atom. The van der Waals surface area contributed by atoms with Crippen LogP contribution in [0.15, 0.2) is 33.9 Å². The van der Waals surface area contributed by atoms with Gasteiger partial charge in [-0.3, -0.25) is 13.9 Å². The van der Waals surface area contributed by atoms with E-state index in [1.54, 1.807) is 24.3 Å². The number of fused-ring (bicyclic) bond motifs is 1. The van der Waals surface area contributed by atoms with E-state index >= 15 is 0 Å². The third-order valence-corrected chi connectivity index (χ3v) is 3.29. The van der Waals surface area contributed by atoms with Gasteiger partial charge in [0.15, 0.2) is 0 Å². The summed E-state index contributed by atoms with van der Waals surface area (Å²) < 4.78 is 2.59. The normalized spacial score (nSPS) is 10.9. The van der Waals surface area contributed by atoms with E-state index in [0.29, 0.717) is 23.4 Å². The van der Waals surface area contributed by atoms with Crippen molar-refractivity contribution in [2.45, 2.75) is 33.4 Å². The molecule has 1 heterocycles. The molecule has 5 heteroatoms. The van der Waals surface area contributed by atoms with Crippen LogP contribution in [-0.2, 0) is 13.1 Å². The number of benzene rings is 1. The average molecular weight is 271 g/mol. The molecular weight excluding hydrogens is 254 g/mol. The molecule has 5 nitrogen and oxygen atoms in total. The molecule has 0 unspecified atom stereocenters. The lowest BCUT2D eigenvalue weighted by atomic mass is 10.1. The standard InChI is InChI=1S/C15H17N3O2/c1-11(2)7-9-18-14(19)12-5-3-4-6-13(12)17(10-8-16)15(18)20/h3-6,11H,7,9-10H2,1-2H3. The lowest BCUT2D eigenvalue weighted by molar-refractivity contribution is 0.486. The van der Waals surface area contributed by atoms with E-state index in [0.717, 1.165) is 6.42 Å². The number of nitrogens with zero attached hydrogens (tertiary/aromatic N) is 3. The van der Waals surface area contributed by atoms with E-state index in [9.17, 15) is 9.59 Å². The molecule has 0 N–H and O–H groups in total. The Morgan fingerprint density at radius 1 is 1.20 bits per heavy atom. The number of nitriles is 1. The highest BCUT2D eigenvalue weighted by Crippen LogP contribution is 2.08. The summed E-state index contributed by atoms with van der Waals surface area (Å²) in [5.41, 5.74) is -0.166. The summed E-state index contributed by atoms with van der Waals surface area (Å²) in [6, 6.07) is 8.88. The summed E-state index contributed by atoms with van der Waals surface area (Å²) >= 11 is 0. The van der Waals surface area contributed by atoms with Gasteiger partial charge >= 0.3 is 5.69 Å². The van der Waals surface area contributed by atoms with Crippen LogP contribution in [-0.4, -0.2) is 9.13 Å². The first-order valence-corrected chi connectivity index (χ1v) is 6.65. The number of hydrogen-bond donors (Lipinski definition) is 0. The van der Waals surface area contributed by atoms with Crippen LogP contribution in [0.5, 0.6) is 0 Å². The Morgan fingerprint density at radius 3 is 2.55 bits per heavy atom. The van der Waals surface area contributed by atoms with Gasteiger partial charge in [-0.1, -0.05) is 26.0 Å². The first-order valence-electron chi connectivity index (χ1n) is 6.65. The topological polar surface area (TPSA) is 67.8 Å². The average Bonchev–Trinajstić information content (AvgIpc) is 2.43. The molecule has 0 aliphatic rings. The summed E-state index contributed by atoms with van der Waals surface area (Å²) in [4.78, 5) is 24.8. The van der Waals surface area contributed by atoms with Crippen LogP contribution < -0.4 is 11.2 Å². The second-order valence-electron chi connectivity index (χ2n) is 5.18. The van der Waals surface area contributed by atoms with E-state index in [1.807, 2.05) is 19.9 Å². The third-order valence-electron chi connectivity index (χ3n) is 3.29. The summed E-state index contributed by atoms with van der Waals surface area (Å²) in [5.74, 6) is 0.400. The van der Waals surface area contributed by atoms with Gasteiger partial charge in [0.2, 0.25) is 0 Å². The molecule has 0 amide bonds. The van der Waals surface area contributed by atoms with Crippen LogP contribution in [0.1, 0.15) is 20.3 Å². The SMILES string of the molecule is CC(C)CCn1c(=O)c2ccccc2n(CC#N)c1=O. The molecule has 1 aromatic heterocycles. The number of aromatic nitrogens is 2. The summed E-state index contributed by atoms with van der Waals surface area (Å²) in [5, 5.41) is 9.36. The molecular formula is C15H17N3O2. The predicted molar refractivity (Wildman–Crippen MR) is 77.5 cm³/mol. The molecule has 2 aromatic rings. The fourth-order valence-electron chi connectivity index (χ4n) is 2.18. The van der Waals surface area contributed by atoms with Gasteiger partial charge in [0.1, 0.15) is 6.54 Å². The van der Waals surface area contributed by atoms with Crippen LogP contribution in [0.4, 0.5) is 0 Å². The van der Waals surface area contributed by atoms with Crippen molar-refractivity contribution in [3.05, 3.63) is 45.1 Å². The van der Waals surface area contributed by atoms with Crippen molar-refractivity contribution in [3.63, 3.8) is 0 Å². The molecule has 2 rings (SSSR count). The van der Waals surface area contributed by atoms with Crippen LogP contribution in [0, 0.1) is 17.2 Å². The Labute approximate surface area is 116 Å². The van der Waals surface area contributed by atoms with Crippen molar-refractivity contribution in [1.82, 2.24) is 9.13 Å². The molecule has 0 aliphatic heterocycles. The monoisotopic (exact) mass is 271 g/mol. The highest BCUT2D eigenvalue weighted by atomic mass is 16.2. The predicted octanol–water partition coefficient (Wildman–Crippen LogP) is 1.73. The fraction of sp³-hybridized carbons (Fsp3) is 0.400. The Hall–Kier alpha value is -2.35. The van der Waals surface area contributed by atoms with Crippen LogP contribution in [0.25, 0.3) is 10.9 Å². The first kappa shape index (κ1) is 14.1. The molecule has 0 bridgehead atoms. The maximum atomic E-state index is 12.4. The number of hydrogen-bond acceptors (Lipinski definition) is 3. The van der Waals surface area contributed by atoms with Crippen LogP contribution in [0.2, 0.25) is 0 Å². The maximum Gasteiger partial charge on any atom is 0.332 e. The van der Waals surface area contributed by atoms with Gasteiger partial charge in [0, 0.05) is 6.54 Å². The van der Waals surface area contributed by atoms with Crippen LogP contribution >= 0.6 is 0 Å². The third kappa shape index (κ3) is 2.50. The lowest BCUT2D eigenvalue weighted by Crippen LogP contribution is -2.40. The van der Waals surface area contributed by atoms with E-state index in [-0.39, 0.29) is 12.1 Å².